The van der Waals surface area contributed by atoms with Crippen LogP contribution in [0.2, 0.25) is 0 Å². The molecule has 0 radical (unpaired) electrons. The molecule has 0 aliphatic carbocycles. The van der Waals surface area contributed by atoms with Gasteiger partial charge in [0, 0.05) is 11.6 Å². The summed E-state index contributed by atoms with van der Waals surface area (Å²) in [6.07, 6.45) is 0. The smallest absolute Gasteiger partial charge is 0.374 e. The van der Waals surface area contributed by atoms with Gasteiger partial charge in [-0.05, 0) is 18.2 Å². The molecule has 0 aliphatic rings. The zero-order valence-electron chi connectivity index (χ0n) is 8.88. The van der Waals surface area contributed by atoms with Crippen LogP contribution in [0.25, 0.3) is 11.3 Å². The first-order valence-corrected chi connectivity index (χ1v) is 4.69. The molecule has 0 unspecified atom stereocenters. The SMILES string of the molecule is COc1cc(-c2cc(C(=O)O)on2)ccc1O. The number of methoxy groups -OCH3 is 1. The average molecular weight is 235 g/mol. The first-order valence-electron chi connectivity index (χ1n) is 4.69. The maximum absolute atomic E-state index is 10.6. The Morgan fingerprint density at radius 2 is 2.18 bits per heavy atom. The molecule has 0 atom stereocenters. The van der Waals surface area contributed by atoms with Crippen molar-refractivity contribution < 1.29 is 24.3 Å². The molecule has 0 saturated carbocycles. The molecule has 6 heteroatoms. The summed E-state index contributed by atoms with van der Waals surface area (Å²) in [5.41, 5.74) is 0.955. The van der Waals surface area contributed by atoms with E-state index < -0.39 is 5.97 Å². The summed E-state index contributed by atoms with van der Waals surface area (Å²) in [6, 6.07) is 5.86. The van der Waals surface area contributed by atoms with Gasteiger partial charge in [0.15, 0.2) is 11.5 Å². The number of benzene rings is 1. The van der Waals surface area contributed by atoms with Crippen molar-refractivity contribution >= 4 is 5.97 Å². The number of rotatable bonds is 3. The number of phenolic OH excluding ortho intramolecular Hbond substituents is 1. The van der Waals surface area contributed by atoms with Crippen LogP contribution in [0, 0.1) is 0 Å². The number of ether oxygens (including phenoxy) is 1. The number of hydrogen-bond donors (Lipinski definition) is 2. The summed E-state index contributed by atoms with van der Waals surface area (Å²) < 4.78 is 9.57. The fourth-order valence-corrected chi connectivity index (χ4v) is 1.35. The average Bonchev–Trinajstić information content (AvgIpc) is 2.79. The predicted octanol–water partition coefficient (Wildman–Crippen LogP) is 1.75. The lowest BCUT2D eigenvalue weighted by Gasteiger charge is -2.03. The second kappa shape index (κ2) is 4.17. The molecule has 88 valence electrons. The topological polar surface area (TPSA) is 92.8 Å². The number of carbonyl (C=O) groups is 1. The van der Waals surface area contributed by atoms with E-state index in [0.717, 1.165) is 0 Å². The number of phenols is 1. The molecule has 2 N–H and O–H groups in total. The van der Waals surface area contributed by atoms with E-state index in [1.165, 1.54) is 19.2 Å². The van der Waals surface area contributed by atoms with E-state index in [1.54, 1.807) is 12.1 Å². The Morgan fingerprint density at radius 3 is 2.76 bits per heavy atom. The van der Waals surface area contributed by atoms with Crippen molar-refractivity contribution in [3.05, 3.63) is 30.0 Å². The number of carboxylic acids is 1. The lowest BCUT2D eigenvalue weighted by atomic mass is 10.1. The van der Waals surface area contributed by atoms with Gasteiger partial charge >= 0.3 is 5.97 Å². The molecule has 0 amide bonds. The number of aromatic carboxylic acids is 1. The van der Waals surface area contributed by atoms with Crippen LogP contribution >= 0.6 is 0 Å². The van der Waals surface area contributed by atoms with E-state index in [9.17, 15) is 9.90 Å². The van der Waals surface area contributed by atoms with E-state index >= 15 is 0 Å². The van der Waals surface area contributed by atoms with Gasteiger partial charge in [-0.1, -0.05) is 5.16 Å². The lowest BCUT2D eigenvalue weighted by molar-refractivity contribution is 0.0652. The van der Waals surface area contributed by atoms with Crippen LogP contribution in [0.15, 0.2) is 28.8 Å². The number of carboxylic acid groups (broad SMARTS) is 1. The quantitative estimate of drug-likeness (QED) is 0.841. The molecular formula is C11H9NO5. The third-order valence-corrected chi connectivity index (χ3v) is 2.20. The van der Waals surface area contributed by atoms with Gasteiger partial charge < -0.3 is 19.5 Å². The van der Waals surface area contributed by atoms with E-state index in [1.807, 2.05) is 0 Å². The number of aromatic hydroxyl groups is 1. The second-order valence-corrected chi connectivity index (χ2v) is 3.27. The Balaban J connectivity index is 2.42. The van der Waals surface area contributed by atoms with Gasteiger partial charge in [-0.3, -0.25) is 0 Å². The molecule has 0 spiro atoms. The largest absolute Gasteiger partial charge is 0.504 e. The van der Waals surface area contributed by atoms with Crippen LogP contribution in [0.3, 0.4) is 0 Å². The summed E-state index contributed by atoms with van der Waals surface area (Å²) in [4.78, 5) is 10.6. The fourth-order valence-electron chi connectivity index (χ4n) is 1.35. The molecule has 1 aromatic carbocycles. The zero-order chi connectivity index (χ0) is 12.4. The van der Waals surface area contributed by atoms with Gasteiger partial charge in [-0.2, -0.15) is 0 Å². The Bertz CT molecular complexity index is 561. The van der Waals surface area contributed by atoms with E-state index in [0.29, 0.717) is 11.3 Å². The van der Waals surface area contributed by atoms with Crippen molar-refractivity contribution in [1.82, 2.24) is 5.16 Å². The fraction of sp³-hybridized carbons (Fsp3) is 0.0909. The summed E-state index contributed by atoms with van der Waals surface area (Å²) in [7, 11) is 1.42. The van der Waals surface area contributed by atoms with Crippen LogP contribution in [0.1, 0.15) is 10.6 Å². The normalized spacial score (nSPS) is 10.2. The Kier molecular flexibility index (Phi) is 2.70. The monoisotopic (exact) mass is 235 g/mol. The van der Waals surface area contributed by atoms with Crippen molar-refractivity contribution in [3.63, 3.8) is 0 Å². The predicted molar refractivity (Wildman–Crippen MR) is 57.1 cm³/mol. The minimum absolute atomic E-state index is 0.00166. The molecule has 0 fully saturated rings. The zero-order valence-corrected chi connectivity index (χ0v) is 8.88. The number of aromatic nitrogens is 1. The highest BCUT2D eigenvalue weighted by Gasteiger charge is 2.13. The second-order valence-electron chi connectivity index (χ2n) is 3.27. The highest BCUT2D eigenvalue weighted by molar-refractivity contribution is 5.85. The van der Waals surface area contributed by atoms with E-state index in [4.69, 9.17) is 9.84 Å². The molecular weight excluding hydrogens is 226 g/mol. The van der Waals surface area contributed by atoms with Crippen LogP contribution in [0.5, 0.6) is 11.5 Å². The third-order valence-electron chi connectivity index (χ3n) is 2.20. The minimum Gasteiger partial charge on any atom is -0.504 e. The molecule has 0 saturated heterocycles. The molecule has 6 nitrogen and oxygen atoms in total. The lowest BCUT2D eigenvalue weighted by Crippen LogP contribution is -1.91. The maximum atomic E-state index is 10.6. The number of hydrogen-bond acceptors (Lipinski definition) is 5. The van der Waals surface area contributed by atoms with Gasteiger partial charge in [0.1, 0.15) is 5.69 Å². The van der Waals surface area contributed by atoms with Crippen LogP contribution in [-0.4, -0.2) is 28.4 Å². The highest BCUT2D eigenvalue weighted by Crippen LogP contribution is 2.31. The maximum Gasteiger partial charge on any atom is 0.374 e. The van der Waals surface area contributed by atoms with Crippen molar-refractivity contribution in [3.8, 4) is 22.8 Å². The Hall–Kier alpha value is -2.50. The van der Waals surface area contributed by atoms with E-state index in [2.05, 4.69) is 9.68 Å². The van der Waals surface area contributed by atoms with Gasteiger partial charge in [-0.15, -0.1) is 0 Å². The molecule has 2 aromatic rings. The highest BCUT2D eigenvalue weighted by atomic mass is 16.5. The number of nitrogens with zero attached hydrogens (tertiary/aromatic N) is 1. The summed E-state index contributed by atoms with van der Waals surface area (Å²) in [5.74, 6) is -1.15. The van der Waals surface area contributed by atoms with Crippen LogP contribution in [0.4, 0.5) is 0 Å². The minimum atomic E-state index is -1.19. The molecule has 1 heterocycles. The van der Waals surface area contributed by atoms with Crippen LogP contribution in [-0.2, 0) is 0 Å². The molecule has 1 aromatic heterocycles. The van der Waals surface area contributed by atoms with Gasteiger partial charge in [0.25, 0.3) is 0 Å². The third kappa shape index (κ3) is 2.05. The standard InChI is InChI=1S/C11H9NO5/c1-16-9-4-6(2-3-8(9)13)7-5-10(11(14)15)17-12-7/h2-5,13H,1H3,(H,14,15). The molecule has 0 aliphatic heterocycles. The van der Waals surface area contributed by atoms with Crippen LogP contribution < -0.4 is 4.74 Å². The summed E-state index contributed by atoms with van der Waals surface area (Å²) in [5, 5.41) is 21.7. The van der Waals surface area contributed by atoms with Gasteiger partial charge in [0.05, 0.1) is 7.11 Å². The first kappa shape index (κ1) is 11.0. The molecule has 2 rings (SSSR count). The molecule has 17 heavy (non-hydrogen) atoms. The van der Waals surface area contributed by atoms with Crippen molar-refractivity contribution in [2.24, 2.45) is 0 Å². The molecule has 0 bridgehead atoms. The summed E-state index contributed by atoms with van der Waals surface area (Å²) in [6.45, 7) is 0. The van der Waals surface area contributed by atoms with Crippen molar-refractivity contribution in [1.29, 1.82) is 0 Å². The van der Waals surface area contributed by atoms with E-state index in [-0.39, 0.29) is 17.3 Å². The summed E-state index contributed by atoms with van der Waals surface area (Å²) >= 11 is 0. The van der Waals surface area contributed by atoms with Gasteiger partial charge in [0.2, 0.25) is 5.76 Å². The first-order chi connectivity index (χ1) is 8.11. The Morgan fingerprint density at radius 1 is 1.41 bits per heavy atom. The Labute approximate surface area is 96.0 Å². The van der Waals surface area contributed by atoms with Crippen molar-refractivity contribution in [2.45, 2.75) is 0 Å². The van der Waals surface area contributed by atoms with Crippen molar-refractivity contribution in [2.75, 3.05) is 7.11 Å². The van der Waals surface area contributed by atoms with Gasteiger partial charge in [-0.25, -0.2) is 4.79 Å².